The molecule has 0 heterocycles. The van der Waals surface area contributed by atoms with Gasteiger partial charge in [-0.2, -0.15) is 0 Å². The van der Waals surface area contributed by atoms with Crippen molar-refractivity contribution in [2.75, 3.05) is 0 Å². The lowest BCUT2D eigenvalue weighted by atomic mass is 10.1. The Morgan fingerprint density at radius 2 is 2.08 bits per heavy atom. The summed E-state index contributed by atoms with van der Waals surface area (Å²) in [6.45, 7) is 0. The van der Waals surface area contributed by atoms with Crippen molar-refractivity contribution in [3.8, 4) is 12.3 Å². The Bertz CT molecular complexity index is 310. The molecule has 0 unspecified atom stereocenters. The molecule has 1 aromatic rings. The van der Waals surface area contributed by atoms with Crippen molar-refractivity contribution in [1.29, 1.82) is 0 Å². The molecule has 0 aliphatic carbocycles. The van der Waals surface area contributed by atoms with E-state index >= 15 is 0 Å². The van der Waals surface area contributed by atoms with Gasteiger partial charge in [0.25, 0.3) is 0 Å². The predicted molar refractivity (Wildman–Crippen MR) is 53.6 cm³/mol. The quantitative estimate of drug-likeness (QED) is 0.638. The number of rotatable bonds is 2. The van der Waals surface area contributed by atoms with E-state index in [0.717, 1.165) is 12.0 Å². The first kappa shape index (κ1) is 9.45. The van der Waals surface area contributed by atoms with E-state index in [4.69, 9.17) is 29.6 Å². The number of terminal acetylenes is 1. The van der Waals surface area contributed by atoms with Crippen LogP contribution >= 0.6 is 23.2 Å². The molecule has 1 aromatic carbocycles. The fourth-order valence-corrected chi connectivity index (χ4v) is 1.43. The van der Waals surface area contributed by atoms with Crippen molar-refractivity contribution < 1.29 is 0 Å². The van der Waals surface area contributed by atoms with Crippen molar-refractivity contribution in [2.24, 2.45) is 0 Å². The van der Waals surface area contributed by atoms with Gasteiger partial charge in [0.15, 0.2) is 0 Å². The minimum atomic E-state index is 0.657. The topological polar surface area (TPSA) is 0 Å². The maximum atomic E-state index is 5.91. The summed E-state index contributed by atoms with van der Waals surface area (Å²) in [6, 6.07) is 5.45. The second kappa shape index (κ2) is 4.40. The molecule has 0 spiro atoms. The third-order valence-electron chi connectivity index (χ3n) is 1.55. The summed E-state index contributed by atoms with van der Waals surface area (Å²) in [5.74, 6) is 2.57. The normalized spacial score (nSPS) is 9.42. The van der Waals surface area contributed by atoms with Gasteiger partial charge < -0.3 is 0 Å². The Kier molecular flexibility index (Phi) is 3.47. The maximum Gasteiger partial charge on any atom is 0.0453 e. The van der Waals surface area contributed by atoms with E-state index < -0.39 is 0 Å². The second-order valence-electron chi connectivity index (χ2n) is 2.44. The average Bonchev–Trinajstić information content (AvgIpc) is 2.03. The van der Waals surface area contributed by atoms with Crippen LogP contribution in [0.4, 0.5) is 0 Å². The Morgan fingerprint density at radius 1 is 1.33 bits per heavy atom. The highest BCUT2D eigenvalue weighted by Crippen LogP contribution is 2.21. The van der Waals surface area contributed by atoms with Crippen LogP contribution in [0.15, 0.2) is 18.2 Å². The molecule has 0 aliphatic rings. The Labute approximate surface area is 82.5 Å². The first-order valence-corrected chi connectivity index (χ1v) is 4.37. The van der Waals surface area contributed by atoms with Crippen LogP contribution in [-0.4, -0.2) is 0 Å². The first-order chi connectivity index (χ1) is 5.74. The summed E-state index contributed by atoms with van der Waals surface area (Å²) in [7, 11) is 0. The zero-order valence-corrected chi connectivity index (χ0v) is 7.99. The molecular weight excluding hydrogens is 191 g/mol. The van der Waals surface area contributed by atoms with Gasteiger partial charge in [0.2, 0.25) is 0 Å². The average molecular weight is 199 g/mol. The zero-order chi connectivity index (χ0) is 8.97. The van der Waals surface area contributed by atoms with E-state index in [-0.39, 0.29) is 0 Å². The van der Waals surface area contributed by atoms with Crippen LogP contribution in [-0.2, 0) is 6.42 Å². The van der Waals surface area contributed by atoms with E-state index in [1.54, 1.807) is 6.07 Å². The second-order valence-corrected chi connectivity index (χ2v) is 3.28. The highest BCUT2D eigenvalue weighted by atomic mass is 35.5. The third-order valence-corrected chi connectivity index (χ3v) is 2.14. The summed E-state index contributed by atoms with van der Waals surface area (Å²) in [6.07, 6.45) is 6.66. The summed E-state index contributed by atoms with van der Waals surface area (Å²) >= 11 is 11.6. The lowest BCUT2D eigenvalue weighted by molar-refractivity contribution is 1.03. The smallest absolute Gasteiger partial charge is 0.0453 e. The SMILES string of the molecule is C#CCCc1ccc(Cl)cc1Cl. The fourth-order valence-electron chi connectivity index (χ4n) is 0.931. The Balaban J connectivity index is 2.81. The van der Waals surface area contributed by atoms with Gasteiger partial charge in [-0.05, 0) is 24.1 Å². The van der Waals surface area contributed by atoms with Crippen LogP contribution in [0.25, 0.3) is 0 Å². The van der Waals surface area contributed by atoms with Crippen molar-refractivity contribution in [3.63, 3.8) is 0 Å². The van der Waals surface area contributed by atoms with E-state index in [1.165, 1.54) is 0 Å². The van der Waals surface area contributed by atoms with Crippen molar-refractivity contribution in [1.82, 2.24) is 0 Å². The molecule has 0 nitrogen and oxygen atoms in total. The number of aryl methyl sites for hydroxylation is 1. The van der Waals surface area contributed by atoms with Crippen LogP contribution in [0, 0.1) is 12.3 Å². The van der Waals surface area contributed by atoms with Crippen molar-refractivity contribution in [3.05, 3.63) is 33.8 Å². The van der Waals surface area contributed by atoms with Crippen LogP contribution in [0.2, 0.25) is 10.0 Å². The Morgan fingerprint density at radius 3 is 2.67 bits per heavy atom. The minimum absolute atomic E-state index is 0.657. The molecule has 2 heteroatoms. The van der Waals surface area contributed by atoms with E-state index in [0.29, 0.717) is 16.5 Å². The molecular formula is C10H8Cl2. The summed E-state index contributed by atoms with van der Waals surface area (Å²) < 4.78 is 0. The monoisotopic (exact) mass is 198 g/mol. The van der Waals surface area contributed by atoms with Gasteiger partial charge in [-0.3, -0.25) is 0 Å². The maximum absolute atomic E-state index is 5.91. The molecule has 0 N–H and O–H groups in total. The number of hydrogen-bond donors (Lipinski definition) is 0. The summed E-state index contributed by atoms with van der Waals surface area (Å²) in [5.41, 5.74) is 1.05. The van der Waals surface area contributed by atoms with Crippen molar-refractivity contribution >= 4 is 23.2 Å². The van der Waals surface area contributed by atoms with Gasteiger partial charge in [-0.15, -0.1) is 12.3 Å². The number of hydrogen-bond acceptors (Lipinski definition) is 0. The van der Waals surface area contributed by atoms with Gasteiger partial charge in [-0.1, -0.05) is 29.3 Å². The molecule has 12 heavy (non-hydrogen) atoms. The van der Waals surface area contributed by atoms with Crippen LogP contribution in [0.1, 0.15) is 12.0 Å². The molecule has 0 saturated carbocycles. The lowest BCUT2D eigenvalue weighted by Gasteiger charge is -2.01. The Hall–Kier alpha value is -0.640. The lowest BCUT2D eigenvalue weighted by Crippen LogP contribution is -1.84. The van der Waals surface area contributed by atoms with Crippen LogP contribution in [0.3, 0.4) is 0 Å². The fraction of sp³-hybridized carbons (Fsp3) is 0.200. The minimum Gasteiger partial charge on any atom is -0.120 e. The van der Waals surface area contributed by atoms with Gasteiger partial charge in [-0.25, -0.2) is 0 Å². The highest BCUT2D eigenvalue weighted by Gasteiger charge is 1.99. The van der Waals surface area contributed by atoms with Gasteiger partial charge in [0.05, 0.1) is 0 Å². The molecule has 0 saturated heterocycles. The zero-order valence-electron chi connectivity index (χ0n) is 6.48. The molecule has 0 bridgehead atoms. The summed E-state index contributed by atoms with van der Waals surface area (Å²) in [5, 5.41) is 1.35. The van der Waals surface area contributed by atoms with Gasteiger partial charge >= 0.3 is 0 Å². The number of benzene rings is 1. The standard InChI is InChI=1S/C10H8Cl2/c1-2-3-4-8-5-6-9(11)7-10(8)12/h1,5-7H,3-4H2. The summed E-state index contributed by atoms with van der Waals surface area (Å²) in [4.78, 5) is 0. The predicted octanol–water partition coefficient (Wildman–Crippen LogP) is 3.56. The highest BCUT2D eigenvalue weighted by molar-refractivity contribution is 6.35. The van der Waals surface area contributed by atoms with Crippen LogP contribution < -0.4 is 0 Å². The molecule has 0 radical (unpaired) electrons. The molecule has 62 valence electrons. The van der Waals surface area contributed by atoms with Crippen LogP contribution in [0.5, 0.6) is 0 Å². The largest absolute Gasteiger partial charge is 0.120 e. The van der Waals surface area contributed by atoms with E-state index in [9.17, 15) is 0 Å². The number of halogens is 2. The molecule has 0 amide bonds. The van der Waals surface area contributed by atoms with Crippen molar-refractivity contribution in [2.45, 2.75) is 12.8 Å². The van der Waals surface area contributed by atoms with E-state index in [1.807, 2.05) is 12.1 Å². The third kappa shape index (κ3) is 2.44. The molecule has 0 aromatic heterocycles. The molecule has 0 aliphatic heterocycles. The first-order valence-electron chi connectivity index (χ1n) is 3.61. The van der Waals surface area contributed by atoms with E-state index in [2.05, 4.69) is 5.92 Å². The van der Waals surface area contributed by atoms with Gasteiger partial charge in [0, 0.05) is 16.5 Å². The molecule has 0 fully saturated rings. The molecule has 0 atom stereocenters. The van der Waals surface area contributed by atoms with Gasteiger partial charge in [0.1, 0.15) is 0 Å². The molecule has 1 rings (SSSR count).